The lowest BCUT2D eigenvalue weighted by Crippen LogP contribution is -2.47. The van der Waals surface area contributed by atoms with Crippen LogP contribution in [0.2, 0.25) is 0 Å². The molecule has 1 heterocycles. The van der Waals surface area contributed by atoms with Crippen LogP contribution in [-0.2, 0) is 16.0 Å². The molecule has 2 aliphatic rings. The van der Waals surface area contributed by atoms with Gasteiger partial charge in [0.1, 0.15) is 6.04 Å². The summed E-state index contributed by atoms with van der Waals surface area (Å²) in [6.07, 6.45) is 0.693. The second-order valence-electron chi connectivity index (χ2n) is 7.32. The Kier molecular flexibility index (Phi) is 3.79. The van der Waals surface area contributed by atoms with Gasteiger partial charge in [0.05, 0.1) is 5.92 Å². The highest BCUT2D eigenvalue weighted by Gasteiger charge is 2.41. The highest BCUT2D eigenvalue weighted by atomic mass is 16.2. The van der Waals surface area contributed by atoms with Crippen molar-refractivity contribution < 1.29 is 9.59 Å². The van der Waals surface area contributed by atoms with Crippen molar-refractivity contribution in [2.75, 3.05) is 6.54 Å². The Labute approximate surface area is 163 Å². The molecule has 1 unspecified atom stereocenters. The Morgan fingerprint density at radius 3 is 2.21 bits per heavy atom. The average Bonchev–Trinajstić information content (AvgIpc) is 3.07. The largest absolute Gasteiger partial charge is 0.368 e. The van der Waals surface area contributed by atoms with Crippen molar-refractivity contribution in [2.24, 2.45) is 5.73 Å². The lowest BCUT2D eigenvalue weighted by molar-refractivity contribution is -0.140. The molecule has 3 aromatic carbocycles. The lowest BCUT2D eigenvalue weighted by atomic mass is 9.89. The third kappa shape index (κ3) is 2.38. The number of nitrogens with zero attached hydrogens (tertiary/aromatic N) is 1. The van der Waals surface area contributed by atoms with Crippen LogP contribution < -0.4 is 5.73 Å². The summed E-state index contributed by atoms with van der Waals surface area (Å²) in [5.41, 5.74) is 11.7. The molecule has 28 heavy (non-hydrogen) atoms. The number of carbonyl (C=O) groups excluding carboxylic acids is 2. The smallest absolute Gasteiger partial charge is 0.244 e. The molecule has 0 saturated heterocycles. The minimum absolute atomic E-state index is 0.0697. The summed E-state index contributed by atoms with van der Waals surface area (Å²) in [4.78, 5) is 27.8. The van der Waals surface area contributed by atoms with Crippen LogP contribution in [0.4, 0.5) is 0 Å². The van der Waals surface area contributed by atoms with Gasteiger partial charge in [-0.25, -0.2) is 0 Å². The topological polar surface area (TPSA) is 63.4 Å². The Hall–Kier alpha value is -3.40. The van der Waals surface area contributed by atoms with Crippen LogP contribution in [0.1, 0.15) is 34.2 Å². The summed E-state index contributed by atoms with van der Waals surface area (Å²) in [5, 5.41) is 0. The molecule has 0 fully saturated rings. The van der Waals surface area contributed by atoms with E-state index in [9.17, 15) is 9.59 Å². The van der Waals surface area contributed by atoms with Gasteiger partial charge >= 0.3 is 0 Å². The fourth-order valence-electron chi connectivity index (χ4n) is 4.63. The number of rotatable bonds is 2. The molecule has 5 rings (SSSR count). The van der Waals surface area contributed by atoms with E-state index in [0.29, 0.717) is 13.0 Å². The number of hydrogen-bond acceptors (Lipinski definition) is 2. The van der Waals surface area contributed by atoms with E-state index in [1.165, 1.54) is 0 Å². The standard InChI is InChI=1S/C24H19N2O2/c25-23(27)22-16-8-2-1-7-15(16)13-14-26(22)24(28)21-19-11-5-3-9-17(19)18-10-4-6-12-20(18)21/h2-12,21-22H,13-14H2,(H2,25,27). The van der Waals surface area contributed by atoms with Crippen LogP contribution in [0.3, 0.4) is 0 Å². The first kappa shape index (κ1) is 16.8. The van der Waals surface area contributed by atoms with Gasteiger partial charge in [-0.1, -0.05) is 66.7 Å². The van der Waals surface area contributed by atoms with E-state index >= 15 is 0 Å². The minimum Gasteiger partial charge on any atom is -0.368 e. The zero-order chi connectivity index (χ0) is 19.3. The predicted molar refractivity (Wildman–Crippen MR) is 106 cm³/mol. The molecular weight excluding hydrogens is 348 g/mol. The number of benzene rings is 3. The fourth-order valence-corrected chi connectivity index (χ4v) is 4.63. The van der Waals surface area contributed by atoms with Crippen LogP contribution in [0.25, 0.3) is 11.1 Å². The van der Waals surface area contributed by atoms with Crippen molar-refractivity contribution in [1.29, 1.82) is 0 Å². The molecule has 137 valence electrons. The molecule has 2 N–H and O–H groups in total. The quantitative estimate of drug-likeness (QED) is 0.756. The van der Waals surface area contributed by atoms with Gasteiger partial charge in [0.25, 0.3) is 0 Å². The van der Waals surface area contributed by atoms with Gasteiger partial charge in [-0.3, -0.25) is 9.59 Å². The molecular formula is C24H19N2O2. The second-order valence-corrected chi connectivity index (χ2v) is 7.32. The molecule has 3 aromatic rings. The highest BCUT2D eigenvalue weighted by molar-refractivity contribution is 5.98. The Morgan fingerprint density at radius 1 is 0.929 bits per heavy atom. The molecule has 2 amide bonds. The Balaban J connectivity index is 1.61. The monoisotopic (exact) mass is 367 g/mol. The molecule has 1 atom stereocenters. The van der Waals surface area contributed by atoms with Gasteiger partial charge in [-0.15, -0.1) is 0 Å². The van der Waals surface area contributed by atoms with Crippen LogP contribution in [-0.4, -0.2) is 23.3 Å². The number of carbonyl (C=O) groups is 2. The van der Waals surface area contributed by atoms with E-state index in [1.807, 2.05) is 60.7 Å². The molecule has 4 nitrogen and oxygen atoms in total. The van der Waals surface area contributed by atoms with Gasteiger partial charge in [0.15, 0.2) is 0 Å². The van der Waals surface area contributed by atoms with Crippen LogP contribution in [0.15, 0.2) is 66.7 Å². The number of hydrogen-bond donors (Lipinski definition) is 1. The van der Waals surface area contributed by atoms with Crippen molar-refractivity contribution >= 4 is 11.8 Å². The fraction of sp³-hybridized carbons (Fsp3) is 0.167. The summed E-state index contributed by atoms with van der Waals surface area (Å²) in [6, 6.07) is 23.8. The Bertz CT molecular complexity index is 1060. The molecule has 1 radical (unpaired) electrons. The SMILES string of the molecule is NC(=O)C1c2cc[c]cc2CCN1C(=O)C1c2ccccc2-c2ccccc21. The minimum atomic E-state index is -0.745. The zero-order valence-corrected chi connectivity index (χ0v) is 15.3. The summed E-state index contributed by atoms with van der Waals surface area (Å²) in [6.45, 7) is 0.470. The maximum absolute atomic E-state index is 13.8. The molecule has 0 saturated carbocycles. The number of nitrogens with two attached hydrogens (primary N) is 1. The van der Waals surface area contributed by atoms with Crippen LogP contribution >= 0.6 is 0 Å². The summed E-state index contributed by atoms with van der Waals surface area (Å²) >= 11 is 0. The van der Waals surface area contributed by atoms with Gasteiger partial charge in [0.2, 0.25) is 11.8 Å². The summed E-state index contributed by atoms with van der Waals surface area (Å²) in [7, 11) is 0. The van der Waals surface area contributed by atoms with Crippen molar-refractivity contribution in [1.82, 2.24) is 4.90 Å². The summed E-state index contributed by atoms with van der Waals surface area (Å²) in [5.74, 6) is -0.981. The zero-order valence-electron chi connectivity index (χ0n) is 15.3. The number of fused-ring (bicyclic) bond motifs is 4. The lowest BCUT2D eigenvalue weighted by Gasteiger charge is -2.37. The first-order valence-corrected chi connectivity index (χ1v) is 9.43. The van der Waals surface area contributed by atoms with E-state index in [1.54, 1.807) is 11.0 Å². The van der Waals surface area contributed by atoms with Crippen LogP contribution in [0.5, 0.6) is 0 Å². The van der Waals surface area contributed by atoms with Crippen molar-refractivity contribution in [2.45, 2.75) is 18.4 Å². The van der Waals surface area contributed by atoms with E-state index in [-0.39, 0.29) is 5.91 Å². The maximum Gasteiger partial charge on any atom is 0.244 e. The van der Waals surface area contributed by atoms with Gasteiger partial charge in [0, 0.05) is 6.54 Å². The van der Waals surface area contributed by atoms with Crippen molar-refractivity contribution in [3.8, 4) is 11.1 Å². The molecule has 0 aromatic heterocycles. The van der Waals surface area contributed by atoms with Gasteiger partial charge in [-0.2, -0.15) is 0 Å². The van der Waals surface area contributed by atoms with Crippen LogP contribution in [0, 0.1) is 6.07 Å². The Morgan fingerprint density at radius 2 is 1.57 bits per heavy atom. The first-order valence-electron chi connectivity index (χ1n) is 9.43. The first-order chi connectivity index (χ1) is 13.7. The normalized spacial score (nSPS) is 17.6. The van der Waals surface area contributed by atoms with E-state index in [2.05, 4.69) is 6.07 Å². The second kappa shape index (κ2) is 6.34. The third-order valence-corrected chi connectivity index (χ3v) is 5.85. The van der Waals surface area contributed by atoms with E-state index < -0.39 is 17.9 Å². The predicted octanol–water partition coefficient (Wildman–Crippen LogP) is 3.21. The summed E-state index contributed by atoms with van der Waals surface area (Å²) < 4.78 is 0. The highest BCUT2D eigenvalue weighted by Crippen LogP contribution is 2.46. The number of amides is 2. The van der Waals surface area contributed by atoms with Crippen molar-refractivity contribution in [3.63, 3.8) is 0 Å². The average molecular weight is 367 g/mol. The molecule has 1 aliphatic carbocycles. The molecule has 0 spiro atoms. The van der Waals surface area contributed by atoms with E-state index in [4.69, 9.17) is 5.73 Å². The molecule has 4 heteroatoms. The van der Waals surface area contributed by atoms with Crippen molar-refractivity contribution in [3.05, 3.63) is 95.1 Å². The molecule has 0 bridgehead atoms. The third-order valence-electron chi connectivity index (χ3n) is 5.85. The van der Waals surface area contributed by atoms with Gasteiger partial charge in [-0.05, 0) is 45.9 Å². The molecule has 1 aliphatic heterocycles. The maximum atomic E-state index is 13.8. The van der Waals surface area contributed by atoms with E-state index in [0.717, 1.165) is 33.4 Å². The number of primary amides is 1. The van der Waals surface area contributed by atoms with Gasteiger partial charge < -0.3 is 10.6 Å².